The number of rotatable bonds is 5. The molecule has 2 N–H and O–H groups in total. The van der Waals surface area contributed by atoms with E-state index in [2.05, 4.69) is 15.2 Å². The van der Waals surface area contributed by atoms with Gasteiger partial charge in [-0.25, -0.2) is 0 Å². The molecule has 2 aromatic rings. The maximum absolute atomic E-state index is 12.2. The number of aliphatic hydroxyl groups is 1. The van der Waals surface area contributed by atoms with Crippen molar-refractivity contribution < 1.29 is 14.3 Å². The highest BCUT2D eigenvalue weighted by molar-refractivity contribution is 5.94. The number of amides is 1. The van der Waals surface area contributed by atoms with Gasteiger partial charge in [-0.3, -0.25) is 14.7 Å². The number of carbonyl (C=O) groups is 1. The molecule has 3 heterocycles. The summed E-state index contributed by atoms with van der Waals surface area (Å²) in [5.41, 5.74) is 0.549. The Hall–Kier alpha value is -2.18. The number of nitrogens with one attached hydrogen (secondary N) is 1. The van der Waals surface area contributed by atoms with Gasteiger partial charge in [0.15, 0.2) is 0 Å². The number of nitrogens with zero attached hydrogens (tertiary/aromatic N) is 2. The van der Waals surface area contributed by atoms with E-state index in [1.165, 1.54) is 0 Å². The minimum Gasteiger partial charge on any atom is -0.465 e. The van der Waals surface area contributed by atoms with Crippen molar-refractivity contribution in [2.75, 3.05) is 13.2 Å². The van der Waals surface area contributed by atoms with E-state index in [1.807, 2.05) is 19.1 Å². The minimum absolute atomic E-state index is 0.0101. The molecule has 23 heavy (non-hydrogen) atoms. The number of carbonyl (C=O) groups excluding carboxylic acids is 1. The normalized spacial score (nSPS) is 21.5. The quantitative estimate of drug-likeness (QED) is 0.871. The summed E-state index contributed by atoms with van der Waals surface area (Å²) in [6, 6.07) is 7.40. The summed E-state index contributed by atoms with van der Waals surface area (Å²) in [6.45, 7) is 3.31. The lowest BCUT2D eigenvalue weighted by Gasteiger charge is -2.20. The third-order valence-electron chi connectivity index (χ3n) is 4.15. The molecule has 0 bridgehead atoms. The van der Waals surface area contributed by atoms with Crippen LogP contribution in [0.5, 0.6) is 0 Å². The second-order valence-corrected chi connectivity index (χ2v) is 5.93. The molecule has 2 aromatic heterocycles. The lowest BCUT2D eigenvalue weighted by Crippen LogP contribution is -2.37. The van der Waals surface area contributed by atoms with Crippen LogP contribution in [-0.2, 0) is 6.54 Å². The molecule has 0 unspecified atom stereocenters. The summed E-state index contributed by atoms with van der Waals surface area (Å²) in [5, 5.41) is 12.6. The fourth-order valence-electron chi connectivity index (χ4n) is 3.01. The molecule has 6 nitrogen and oxygen atoms in total. The van der Waals surface area contributed by atoms with Gasteiger partial charge in [0.05, 0.1) is 18.7 Å². The van der Waals surface area contributed by atoms with Gasteiger partial charge in [0, 0.05) is 31.0 Å². The number of hydrogen-bond donors (Lipinski definition) is 2. The van der Waals surface area contributed by atoms with Crippen LogP contribution in [0.1, 0.15) is 28.3 Å². The summed E-state index contributed by atoms with van der Waals surface area (Å²) < 4.78 is 5.61. The van der Waals surface area contributed by atoms with E-state index >= 15 is 0 Å². The van der Waals surface area contributed by atoms with Crippen molar-refractivity contribution in [1.29, 1.82) is 0 Å². The zero-order chi connectivity index (χ0) is 16.2. The van der Waals surface area contributed by atoms with Crippen molar-refractivity contribution in [3.05, 3.63) is 53.7 Å². The predicted octanol–water partition coefficient (Wildman–Crippen LogP) is 1.35. The van der Waals surface area contributed by atoms with Crippen LogP contribution in [0.2, 0.25) is 0 Å². The van der Waals surface area contributed by atoms with Gasteiger partial charge in [0.25, 0.3) is 5.91 Å². The maximum Gasteiger partial charge on any atom is 0.253 e. The van der Waals surface area contributed by atoms with Crippen molar-refractivity contribution in [2.45, 2.75) is 32.0 Å². The topological polar surface area (TPSA) is 78.6 Å². The van der Waals surface area contributed by atoms with Crippen LogP contribution < -0.4 is 5.32 Å². The Labute approximate surface area is 135 Å². The van der Waals surface area contributed by atoms with Crippen LogP contribution in [0, 0.1) is 6.92 Å². The first-order valence-electron chi connectivity index (χ1n) is 7.77. The lowest BCUT2D eigenvalue weighted by atomic mass is 10.1. The van der Waals surface area contributed by atoms with Gasteiger partial charge in [-0.05, 0) is 37.6 Å². The second-order valence-electron chi connectivity index (χ2n) is 5.93. The molecule has 0 saturated carbocycles. The van der Waals surface area contributed by atoms with Crippen molar-refractivity contribution in [3.63, 3.8) is 0 Å². The highest BCUT2D eigenvalue weighted by Gasteiger charge is 2.33. The molecule has 1 aliphatic rings. The number of likely N-dealkylation sites (tertiary alicyclic amines) is 1. The number of aromatic nitrogens is 1. The van der Waals surface area contributed by atoms with E-state index < -0.39 is 0 Å². The van der Waals surface area contributed by atoms with Crippen molar-refractivity contribution in [1.82, 2.24) is 15.2 Å². The number of pyridine rings is 1. The SMILES string of the molecule is Cc1ccc(CN2C[C@@H](NC(=O)c3cccnc3)C[C@H]2CO)o1. The maximum atomic E-state index is 12.2. The van der Waals surface area contributed by atoms with Gasteiger partial charge in [0.2, 0.25) is 0 Å². The minimum atomic E-state index is -0.129. The third kappa shape index (κ3) is 3.78. The Balaban J connectivity index is 1.61. The summed E-state index contributed by atoms with van der Waals surface area (Å²) in [4.78, 5) is 18.3. The van der Waals surface area contributed by atoms with Crippen molar-refractivity contribution in [3.8, 4) is 0 Å². The molecule has 0 radical (unpaired) electrons. The molecular weight excluding hydrogens is 294 g/mol. The molecule has 1 fully saturated rings. The van der Waals surface area contributed by atoms with Gasteiger partial charge in [-0.15, -0.1) is 0 Å². The number of furan rings is 1. The fraction of sp³-hybridized carbons (Fsp3) is 0.412. The van der Waals surface area contributed by atoms with Crippen LogP contribution in [0.15, 0.2) is 41.1 Å². The molecule has 6 heteroatoms. The number of aryl methyl sites for hydroxylation is 1. The molecule has 0 aromatic carbocycles. The molecule has 122 valence electrons. The van der Waals surface area contributed by atoms with Gasteiger partial charge in [-0.2, -0.15) is 0 Å². The second kappa shape index (κ2) is 6.93. The average Bonchev–Trinajstić information content (AvgIpc) is 3.14. The summed E-state index contributed by atoms with van der Waals surface area (Å²) in [5.74, 6) is 1.62. The standard InChI is InChI=1S/C17H21N3O3/c1-12-4-5-16(23-12)10-20-9-14(7-15(20)11-21)19-17(22)13-3-2-6-18-8-13/h2-6,8,14-15,21H,7,9-11H2,1H3,(H,19,22)/t14-,15-/m0/s1. The summed E-state index contributed by atoms with van der Waals surface area (Å²) >= 11 is 0. The van der Waals surface area contributed by atoms with Crippen LogP contribution in [-0.4, -0.2) is 46.1 Å². The first kappa shape index (κ1) is 15.7. The molecule has 1 saturated heterocycles. The third-order valence-corrected chi connectivity index (χ3v) is 4.15. The zero-order valence-corrected chi connectivity index (χ0v) is 13.1. The van der Waals surface area contributed by atoms with E-state index in [9.17, 15) is 9.90 Å². The Morgan fingerprint density at radius 1 is 1.48 bits per heavy atom. The van der Waals surface area contributed by atoms with Crippen LogP contribution in [0.3, 0.4) is 0 Å². The molecule has 1 amide bonds. The highest BCUT2D eigenvalue weighted by Crippen LogP contribution is 2.21. The van der Waals surface area contributed by atoms with E-state index in [1.54, 1.807) is 24.5 Å². The van der Waals surface area contributed by atoms with Crippen LogP contribution in [0.4, 0.5) is 0 Å². The number of aliphatic hydroxyl groups excluding tert-OH is 1. The molecule has 0 spiro atoms. The molecule has 1 aliphatic heterocycles. The smallest absolute Gasteiger partial charge is 0.253 e. The van der Waals surface area contributed by atoms with Crippen LogP contribution in [0.25, 0.3) is 0 Å². The molecule has 3 rings (SSSR count). The van der Waals surface area contributed by atoms with E-state index in [-0.39, 0.29) is 24.6 Å². The Bertz CT molecular complexity index is 656. The highest BCUT2D eigenvalue weighted by atomic mass is 16.3. The van der Waals surface area contributed by atoms with Gasteiger partial charge < -0.3 is 14.8 Å². The van der Waals surface area contributed by atoms with Gasteiger partial charge >= 0.3 is 0 Å². The molecule has 0 aliphatic carbocycles. The van der Waals surface area contributed by atoms with E-state index in [4.69, 9.17) is 4.42 Å². The Morgan fingerprint density at radius 2 is 2.35 bits per heavy atom. The Morgan fingerprint density at radius 3 is 3.00 bits per heavy atom. The van der Waals surface area contributed by atoms with E-state index in [0.29, 0.717) is 18.7 Å². The van der Waals surface area contributed by atoms with Crippen molar-refractivity contribution >= 4 is 5.91 Å². The zero-order valence-electron chi connectivity index (χ0n) is 13.1. The lowest BCUT2D eigenvalue weighted by molar-refractivity contribution is 0.0937. The first-order chi connectivity index (χ1) is 11.2. The largest absolute Gasteiger partial charge is 0.465 e. The molecular formula is C17H21N3O3. The predicted molar refractivity (Wildman–Crippen MR) is 84.8 cm³/mol. The first-order valence-corrected chi connectivity index (χ1v) is 7.77. The summed E-state index contributed by atoms with van der Waals surface area (Å²) in [7, 11) is 0. The fourth-order valence-corrected chi connectivity index (χ4v) is 3.01. The Kier molecular flexibility index (Phi) is 4.73. The average molecular weight is 315 g/mol. The number of hydrogen-bond acceptors (Lipinski definition) is 5. The monoisotopic (exact) mass is 315 g/mol. The summed E-state index contributed by atoms with van der Waals surface area (Å²) in [6.07, 6.45) is 3.92. The molecule has 2 atom stereocenters. The van der Waals surface area contributed by atoms with Gasteiger partial charge in [0.1, 0.15) is 11.5 Å². The van der Waals surface area contributed by atoms with Crippen molar-refractivity contribution in [2.24, 2.45) is 0 Å². The van der Waals surface area contributed by atoms with Gasteiger partial charge in [-0.1, -0.05) is 0 Å². The van der Waals surface area contributed by atoms with E-state index in [0.717, 1.165) is 17.9 Å². The van der Waals surface area contributed by atoms with Crippen LogP contribution >= 0.6 is 0 Å².